The van der Waals surface area contributed by atoms with Gasteiger partial charge in [0.05, 0.1) is 12.6 Å². The topological polar surface area (TPSA) is 33.7 Å². The summed E-state index contributed by atoms with van der Waals surface area (Å²) in [4.78, 5) is 2.06. The minimum absolute atomic E-state index is 0.128. The van der Waals surface area contributed by atoms with Gasteiger partial charge in [0, 0.05) is 18.0 Å². The van der Waals surface area contributed by atoms with E-state index in [4.69, 9.17) is 21.7 Å². The number of thiocarbonyl (C=S) groups is 1. The minimum Gasteiger partial charge on any atom is -0.490 e. The lowest BCUT2D eigenvalue weighted by Crippen LogP contribution is -2.68. The summed E-state index contributed by atoms with van der Waals surface area (Å²) in [5.41, 5.74) is 0.595. The lowest BCUT2D eigenvalue weighted by molar-refractivity contribution is -0.107. The molecule has 0 aromatic heterocycles. The largest absolute Gasteiger partial charge is 0.490 e. The van der Waals surface area contributed by atoms with Gasteiger partial charge >= 0.3 is 0 Å². The van der Waals surface area contributed by atoms with Gasteiger partial charge in [0.15, 0.2) is 22.3 Å². The van der Waals surface area contributed by atoms with Crippen molar-refractivity contribution in [3.05, 3.63) is 36.4 Å². The third-order valence-electron chi connectivity index (χ3n) is 4.67. The van der Waals surface area contributed by atoms with Crippen LogP contribution in [0.5, 0.6) is 11.5 Å². The molecule has 1 aromatic rings. The predicted octanol–water partition coefficient (Wildman–Crippen LogP) is 3.25. The van der Waals surface area contributed by atoms with E-state index >= 15 is 0 Å². The van der Waals surface area contributed by atoms with Crippen LogP contribution in [0.15, 0.2) is 30.9 Å². The highest BCUT2D eigenvalue weighted by atomic mass is 32.1. The maximum atomic E-state index is 6.45. The van der Waals surface area contributed by atoms with Gasteiger partial charge < -0.3 is 19.7 Å². The first-order valence-electron chi connectivity index (χ1n) is 7.66. The van der Waals surface area contributed by atoms with Crippen LogP contribution < -0.4 is 14.8 Å². The molecule has 3 atom stereocenters. The van der Waals surface area contributed by atoms with Gasteiger partial charge in [-0.25, -0.2) is 0 Å². The Balaban J connectivity index is 2.11. The zero-order valence-corrected chi connectivity index (χ0v) is 14.1. The molecule has 5 heteroatoms. The Hall–Kier alpha value is -1.75. The molecule has 1 fully saturated rings. The molecule has 2 bridgehead atoms. The van der Waals surface area contributed by atoms with Gasteiger partial charge in [0.2, 0.25) is 0 Å². The van der Waals surface area contributed by atoms with Crippen molar-refractivity contribution < 1.29 is 9.47 Å². The molecule has 4 nitrogen and oxygen atoms in total. The van der Waals surface area contributed by atoms with Crippen LogP contribution in [0.4, 0.5) is 0 Å². The van der Waals surface area contributed by atoms with Crippen molar-refractivity contribution in [3.8, 4) is 11.5 Å². The second kappa shape index (κ2) is 5.47. The third kappa shape index (κ3) is 2.07. The molecular formula is C17H22N2O2S. The second-order valence-electron chi connectivity index (χ2n) is 5.88. The normalized spacial score (nSPS) is 29.2. The Bertz CT molecular complexity index is 619. The Morgan fingerprint density at radius 1 is 1.55 bits per heavy atom. The van der Waals surface area contributed by atoms with Gasteiger partial charge in [0.1, 0.15) is 0 Å². The van der Waals surface area contributed by atoms with E-state index < -0.39 is 5.72 Å². The fraction of sp³-hybridized carbons (Fsp3) is 0.471. The zero-order valence-electron chi connectivity index (χ0n) is 13.3. The number of hydrogen-bond donors (Lipinski definition) is 1. The van der Waals surface area contributed by atoms with Crippen molar-refractivity contribution >= 4 is 17.3 Å². The average molecular weight is 318 g/mol. The Kier molecular flexibility index (Phi) is 3.77. The fourth-order valence-electron chi connectivity index (χ4n) is 3.34. The smallest absolute Gasteiger partial charge is 0.187 e. The maximum Gasteiger partial charge on any atom is 0.187 e. The van der Waals surface area contributed by atoms with E-state index in [1.165, 1.54) is 0 Å². The van der Waals surface area contributed by atoms with Crippen LogP contribution in [0.1, 0.15) is 32.4 Å². The number of benzene rings is 1. The summed E-state index contributed by atoms with van der Waals surface area (Å²) in [6.07, 6.45) is 1.85. The van der Waals surface area contributed by atoms with E-state index in [1.54, 1.807) is 0 Å². The van der Waals surface area contributed by atoms with Gasteiger partial charge in [-0.2, -0.15) is 0 Å². The predicted molar refractivity (Wildman–Crippen MR) is 91.2 cm³/mol. The standard InChI is InChI=1S/C17H22N2O2S/c1-5-10-19-16(22)18-14-11(3)17(19,4)21-15-12(14)8-7-9-13(15)20-6-2/h5,7-9,11,14H,1,6,10H2,2-4H3,(H,18,22)/t11-,14-,17+/m1/s1. The quantitative estimate of drug-likeness (QED) is 0.681. The lowest BCUT2D eigenvalue weighted by atomic mass is 9.81. The molecule has 0 saturated carbocycles. The highest BCUT2D eigenvalue weighted by Gasteiger charge is 2.53. The molecule has 1 saturated heterocycles. The molecule has 2 heterocycles. The summed E-state index contributed by atoms with van der Waals surface area (Å²) in [6, 6.07) is 6.16. The van der Waals surface area contributed by atoms with Crippen molar-refractivity contribution in [2.24, 2.45) is 5.92 Å². The fourth-order valence-corrected chi connectivity index (χ4v) is 3.73. The van der Waals surface area contributed by atoms with Crippen molar-refractivity contribution in [1.29, 1.82) is 0 Å². The number of nitrogens with zero attached hydrogens (tertiary/aromatic N) is 1. The van der Waals surface area contributed by atoms with E-state index in [9.17, 15) is 0 Å². The maximum absolute atomic E-state index is 6.45. The lowest BCUT2D eigenvalue weighted by Gasteiger charge is -2.56. The molecule has 22 heavy (non-hydrogen) atoms. The second-order valence-corrected chi connectivity index (χ2v) is 6.27. The SMILES string of the molecule is C=CCN1C(=S)N[C@H]2c3cccc(OCC)c3O[C@@]1(C)[C@@H]2C. The molecule has 3 rings (SSSR count). The highest BCUT2D eigenvalue weighted by molar-refractivity contribution is 7.80. The molecule has 1 aromatic carbocycles. The summed E-state index contributed by atoms with van der Waals surface area (Å²) >= 11 is 5.54. The summed E-state index contributed by atoms with van der Waals surface area (Å²) in [5.74, 6) is 1.85. The summed E-state index contributed by atoms with van der Waals surface area (Å²) in [5, 5.41) is 4.16. The average Bonchev–Trinajstić information content (AvgIpc) is 2.49. The Morgan fingerprint density at radius 3 is 3.00 bits per heavy atom. The van der Waals surface area contributed by atoms with Crippen LogP contribution in [0.2, 0.25) is 0 Å². The first kappa shape index (κ1) is 15.2. The Morgan fingerprint density at radius 2 is 2.32 bits per heavy atom. The molecule has 0 amide bonds. The van der Waals surface area contributed by atoms with Crippen LogP contribution in [-0.2, 0) is 0 Å². The van der Waals surface area contributed by atoms with E-state index in [0.717, 1.165) is 17.1 Å². The number of fused-ring (bicyclic) bond motifs is 4. The number of rotatable bonds is 4. The van der Waals surface area contributed by atoms with Gasteiger partial charge in [-0.05, 0) is 32.1 Å². The van der Waals surface area contributed by atoms with Gasteiger partial charge in [-0.1, -0.05) is 25.1 Å². The molecule has 2 aliphatic heterocycles. The number of hydrogen-bond acceptors (Lipinski definition) is 3. The molecule has 0 aliphatic carbocycles. The van der Waals surface area contributed by atoms with E-state index in [-0.39, 0.29) is 12.0 Å². The van der Waals surface area contributed by atoms with Gasteiger partial charge in [0.25, 0.3) is 0 Å². The number of ether oxygens (including phenoxy) is 2. The monoisotopic (exact) mass is 318 g/mol. The molecule has 0 unspecified atom stereocenters. The van der Waals surface area contributed by atoms with Crippen molar-refractivity contribution in [3.63, 3.8) is 0 Å². The number of para-hydroxylation sites is 1. The molecule has 118 valence electrons. The number of nitrogens with one attached hydrogen (secondary N) is 1. The van der Waals surface area contributed by atoms with E-state index in [2.05, 4.69) is 36.7 Å². The molecule has 0 radical (unpaired) electrons. The van der Waals surface area contributed by atoms with E-state index in [0.29, 0.717) is 18.3 Å². The molecular weight excluding hydrogens is 296 g/mol. The Labute approximate surface area is 137 Å². The van der Waals surface area contributed by atoms with Gasteiger partial charge in [-0.3, -0.25) is 0 Å². The van der Waals surface area contributed by atoms with Crippen LogP contribution in [0.25, 0.3) is 0 Å². The third-order valence-corrected chi connectivity index (χ3v) is 5.01. The summed E-state index contributed by atoms with van der Waals surface area (Å²) in [6.45, 7) is 11.3. The first-order valence-corrected chi connectivity index (χ1v) is 8.07. The van der Waals surface area contributed by atoms with Crippen molar-refractivity contribution in [2.75, 3.05) is 13.2 Å². The van der Waals surface area contributed by atoms with Crippen molar-refractivity contribution in [1.82, 2.24) is 10.2 Å². The zero-order chi connectivity index (χ0) is 15.9. The highest BCUT2D eigenvalue weighted by Crippen LogP contribution is 2.50. The summed E-state index contributed by atoms with van der Waals surface area (Å²) < 4.78 is 12.2. The van der Waals surface area contributed by atoms with Crippen LogP contribution in [0, 0.1) is 5.92 Å². The molecule has 1 N–H and O–H groups in total. The summed E-state index contributed by atoms with van der Waals surface area (Å²) in [7, 11) is 0. The van der Waals surface area contributed by atoms with Crippen molar-refractivity contribution in [2.45, 2.75) is 32.5 Å². The van der Waals surface area contributed by atoms with Crippen LogP contribution in [-0.4, -0.2) is 28.9 Å². The van der Waals surface area contributed by atoms with Gasteiger partial charge in [-0.15, -0.1) is 6.58 Å². The molecule has 2 aliphatic rings. The molecule has 0 spiro atoms. The first-order chi connectivity index (χ1) is 10.5. The van der Waals surface area contributed by atoms with E-state index in [1.807, 2.05) is 25.1 Å². The van der Waals surface area contributed by atoms with Crippen LogP contribution >= 0.6 is 12.2 Å². The van der Waals surface area contributed by atoms with Crippen LogP contribution in [0.3, 0.4) is 0 Å². The minimum atomic E-state index is -0.513.